The molecule has 0 fully saturated rings. The van der Waals surface area contributed by atoms with Crippen LogP contribution < -0.4 is 5.32 Å². The zero-order chi connectivity index (χ0) is 16.8. The second-order valence-corrected chi connectivity index (χ2v) is 5.72. The largest absolute Gasteiger partial charge is 0.455 e. The van der Waals surface area contributed by atoms with Crippen molar-refractivity contribution in [1.29, 1.82) is 0 Å². The smallest absolute Gasteiger partial charge is 0.310 e. The van der Waals surface area contributed by atoms with Crippen molar-refractivity contribution >= 4 is 29.2 Å². The van der Waals surface area contributed by atoms with E-state index in [0.29, 0.717) is 5.02 Å². The molecule has 23 heavy (non-hydrogen) atoms. The monoisotopic (exact) mass is 331 g/mol. The van der Waals surface area contributed by atoms with Gasteiger partial charge in [-0.25, -0.2) is 0 Å². The van der Waals surface area contributed by atoms with E-state index >= 15 is 0 Å². The van der Waals surface area contributed by atoms with Crippen LogP contribution in [0.25, 0.3) is 0 Å². The molecule has 2 rings (SSSR count). The summed E-state index contributed by atoms with van der Waals surface area (Å²) in [5.41, 5.74) is 3.47. The molecule has 0 bridgehead atoms. The average Bonchev–Trinajstić information content (AvgIpc) is 2.51. The molecule has 0 radical (unpaired) electrons. The van der Waals surface area contributed by atoms with Crippen LogP contribution >= 0.6 is 11.6 Å². The summed E-state index contributed by atoms with van der Waals surface area (Å²) >= 11 is 5.78. The standard InChI is InChI=1S/C18H18ClNO3/c1-12-4-3-5-13(2)18(12)20-16(21)11-23-17(22)10-14-6-8-15(19)9-7-14/h3-9H,10-11H2,1-2H3,(H,20,21). The SMILES string of the molecule is Cc1cccc(C)c1NC(=O)COC(=O)Cc1ccc(Cl)cc1. The van der Waals surface area contributed by atoms with E-state index in [0.717, 1.165) is 22.4 Å². The number of carbonyl (C=O) groups is 2. The number of hydrogen-bond donors (Lipinski definition) is 1. The predicted octanol–water partition coefficient (Wildman–Crippen LogP) is 3.68. The number of aryl methyl sites for hydroxylation is 2. The lowest BCUT2D eigenvalue weighted by Gasteiger charge is -2.11. The van der Waals surface area contributed by atoms with Gasteiger partial charge in [0, 0.05) is 10.7 Å². The molecule has 0 aliphatic heterocycles. The van der Waals surface area contributed by atoms with Crippen molar-refractivity contribution in [3.8, 4) is 0 Å². The molecular weight excluding hydrogens is 314 g/mol. The van der Waals surface area contributed by atoms with Gasteiger partial charge >= 0.3 is 5.97 Å². The van der Waals surface area contributed by atoms with Crippen LogP contribution in [0.4, 0.5) is 5.69 Å². The van der Waals surface area contributed by atoms with Gasteiger partial charge in [-0.15, -0.1) is 0 Å². The molecule has 0 spiro atoms. The van der Waals surface area contributed by atoms with Gasteiger partial charge in [-0.3, -0.25) is 9.59 Å². The topological polar surface area (TPSA) is 55.4 Å². The average molecular weight is 332 g/mol. The van der Waals surface area contributed by atoms with Crippen LogP contribution in [-0.2, 0) is 20.7 Å². The van der Waals surface area contributed by atoms with Crippen molar-refractivity contribution in [3.63, 3.8) is 0 Å². The third kappa shape index (κ3) is 5.11. The van der Waals surface area contributed by atoms with Crippen LogP contribution in [0.5, 0.6) is 0 Å². The molecule has 0 heterocycles. The summed E-state index contributed by atoms with van der Waals surface area (Å²) in [6, 6.07) is 12.7. The first kappa shape index (κ1) is 17.0. The van der Waals surface area contributed by atoms with E-state index < -0.39 is 5.97 Å². The molecule has 4 nitrogen and oxygen atoms in total. The van der Waals surface area contributed by atoms with Gasteiger partial charge in [-0.05, 0) is 42.7 Å². The lowest BCUT2D eigenvalue weighted by atomic mass is 10.1. The Bertz CT molecular complexity index is 690. The Labute approximate surface area is 140 Å². The molecule has 5 heteroatoms. The highest BCUT2D eigenvalue weighted by Gasteiger charge is 2.11. The quantitative estimate of drug-likeness (QED) is 0.850. The number of benzene rings is 2. The van der Waals surface area contributed by atoms with Gasteiger partial charge in [0.2, 0.25) is 0 Å². The third-order valence-electron chi connectivity index (χ3n) is 3.37. The van der Waals surface area contributed by atoms with E-state index in [-0.39, 0.29) is 18.9 Å². The third-order valence-corrected chi connectivity index (χ3v) is 3.62. The number of esters is 1. The number of amides is 1. The molecule has 0 aliphatic rings. The summed E-state index contributed by atoms with van der Waals surface area (Å²) in [5.74, 6) is -0.809. The Morgan fingerprint density at radius 3 is 2.26 bits per heavy atom. The van der Waals surface area contributed by atoms with Crippen molar-refractivity contribution in [1.82, 2.24) is 0 Å². The van der Waals surface area contributed by atoms with E-state index in [4.69, 9.17) is 16.3 Å². The molecule has 0 aliphatic carbocycles. The number of halogens is 1. The van der Waals surface area contributed by atoms with Crippen LogP contribution in [0.3, 0.4) is 0 Å². The van der Waals surface area contributed by atoms with Crippen molar-refractivity contribution in [2.45, 2.75) is 20.3 Å². The van der Waals surface area contributed by atoms with Crippen molar-refractivity contribution < 1.29 is 14.3 Å². The van der Waals surface area contributed by atoms with Gasteiger partial charge in [0.15, 0.2) is 6.61 Å². The first-order valence-electron chi connectivity index (χ1n) is 7.22. The van der Waals surface area contributed by atoms with Gasteiger partial charge in [0.05, 0.1) is 6.42 Å². The minimum atomic E-state index is -0.455. The highest BCUT2D eigenvalue weighted by Crippen LogP contribution is 2.19. The number of anilines is 1. The Balaban J connectivity index is 1.84. The number of para-hydroxylation sites is 1. The van der Waals surface area contributed by atoms with Crippen LogP contribution in [0.1, 0.15) is 16.7 Å². The fourth-order valence-corrected chi connectivity index (χ4v) is 2.28. The minimum absolute atomic E-state index is 0.105. The van der Waals surface area contributed by atoms with Gasteiger partial charge in [-0.1, -0.05) is 41.9 Å². The summed E-state index contributed by atoms with van der Waals surface area (Å²) in [6.45, 7) is 3.52. The maximum absolute atomic E-state index is 11.9. The highest BCUT2D eigenvalue weighted by atomic mass is 35.5. The normalized spacial score (nSPS) is 10.2. The molecule has 0 aromatic heterocycles. The van der Waals surface area contributed by atoms with E-state index in [2.05, 4.69) is 5.32 Å². The second kappa shape index (κ2) is 7.79. The minimum Gasteiger partial charge on any atom is -0.455 e. The Morgan fingerprint density at radius 2 is 1.65 bits per heavy atom. The van der Waals surface area contributed by atoms with E-state index in [1.165, 1.54) is 0 Å². The van der Waals surface area contributed by atoms with Crippen LogP contribution in [-0.4, -0.2) is 18.5 Å². The number of nitrogens with one attached hydrogen (secondary N) is 1. The lowest BCUT2D eigenvalue weighted by molar-refractivity contribution is -0.146. The highest BCUT2D eigenvalue weighted by molar-refractivity contribution is 6.30. The molecular formula is C18H18ClNO3. The van der Waals surface area contributed by atoms with Crippen LogP contribution in [0, 0.1) is 13.8 Å². The van der Waals surface area contributed by atoms with E-state index in [1.807, 2.05) is 32.0 Å². The summed E-state index contributed by atoms with van der Waals surface area (Å²) in [5, 5.41) is 3.38. The van der Waals surface area contributed by atoms with Crippen molar-refractivity contribution in [2.75, 3.05) is 11.9 Å². The maximum atomic E-state index is 11.9. The summed E-state index contributed by atoms with van der Waals surface area (Å²) in [6.07, 6.45) is 0.105. The zero-order valence-corrected chi connectivity index (χ0v) is 13.8. The molecule has 0 unspecified atom stereocenters. The van der Waals surface area contributed by atoms with Gasteiger partial charge in [0.1, 0.15) is 0 Å². The molecule has 2 aromatic rings. The Kier molecular flexibility index (Phi) is 5.77. The first-order valence-corrected chi connectivity index (χ1v) is 7.59. The van der Waals surface area contributed by atoms with Crippen molar-refractivity contribution in [3.05, 3.63) is 64.2 Å². The maximum Gasteiger partial charge on any atom is 0.310 e. The molecule has 0 saturated carbocycles. The van der Waals surface area contributed by atoms with Gasteiger partial charge in [0.25, 0.3) is 5.91 Å². The predicted molar refractivity (Wildman–Crippen MR) is 90.7 cm³/mol. The van der Waals surface area contributed by atoms with E-state index in [9.17, 15) is 9.59 Å². The Morgan fingerprint density at radius 1 is 1.04 bits per heavy atom. The molecule has 1 amide bonds. The zero-order valence-electron chi connectivity index (χ0n) is 13.1. The summed E-state index contributed by atoms with van der Waals surface area (Å²) in [7, 11) is 0. The number of ether oxygens (including phenoxy) is 1. The molecule has 0 atom stereocenters. The van der Waals surface area contributed by atoms with E-state index in [1.54, 1.807) is 24.3 Å². The summed E-state index contributed by atoms with van der Waals surface area (Å²) < 4.78 is 5.01. The molecule has 2 aromatic carbocycles. The fourth-order valence-electron chi connectivity index (χ4n) is 2.15. The van der Waals surface area contributed by atoms with Crippen molar-refractivity contribution in [2.24, 2.45) is 0 Å². The molecule has 1 N–H and O–H groups in total. The lowest BCUT2D eigenvalue weighted by Crippen LogP contribution is -2.22. The van der Waals surface area contributed by atoms with Crippen LogP contribution in [0.15, 0.2) is 42.5 Å². The molecule has 0 saturated heterocycles. The second-order valence-electron chi connectivity index (χ2n) is 5.28. The van der Waals surface area contributed by atoms with Crippen LogP contribution in [0.2, 0.25) is 5.02 Å². The number of carbonyl (C=O) groups excluding carboxylic acids is 2. The number of rotatable bonds is 5. The summed E-state index contributed by atoms with van der Waals surface area (Å²) in [4.78, 5) is 23.7. The molecule has 120 valence electrons. The number of hydrogen-bond acceptors (Lipinski definition) is 3. The van der Waals surface area contributed by atoms with Gasteiger partial charge < -0.3 is 10.1 Å². The first-order chi connectivity index (χ1) is 11.0. The fraction of sp³-hybridized carbons (Fsp3) is 0.222. The Hall–Kier alpha value is -2.33. The van der Waals surface area contributed by atoms with Gasteiger partial charge in [-0.2, -0.15) is 0 Å².